The van der Waals surface area contributed by atoms with Gasteiger partial charge in [-0.15, -0.1) is 0 Å². The van der Waals surface area contributed by atoms with Gasteiger partial charge in [0.25, 0.3) is 0 Å². The van der Waals surface area contributed by atoms with Crippen LogP contribution in [0.2, 0.25) is 0 Å². The average Bonchev–Trinajstić information content (AvgIpc) is 2.48. The zero-order valence-corrected chi connectivity index (χ0v) is 12.0. The van der Waals surface area contributed by atoms with Crippen LogP contribution in [0.3, 0.4) is 0 Å². The predicted octanol–water partition coefficient (Wildman–Crippen LogP) is 3.26. The van der Waals surface area contributed by atoms with Gasteiger partial charge < -0.3 is 14.9 Å². The molecular weight excluding hydrogens is 268 g/mol. The summed E-state index contributed by atoms with van der Waals surface area (Å²) >= 11 is 0. The van der Waals surface area contributed by atoms with Crippen LogP contribution in [0.4, 0.5) is 0 Å². The van der Waals surface area contributed by atoms with Crippen LogP contribution in [0.15, 0.2) is 48.5 Å². The summed E-state index contributed by atoms with van der Waals surface area (Å²) in [6.07, 6.45) is -1.39. The Labute approximate surface area is 123 Å². The van der Waals surface area contributed by atoms with E-state index in [-0.39, 0.29) is 0 Å². The Hall–Kier alpha value is -2.33. The van der Waals surface area contributed by atoms with Gasteiger partial charge in [0.15, 0.2) is 6.10 Å². The molecule has 2 rings (SSSR count). The maximum atomic E-state index is 10.7. The highest BCUT2D eigenvalue weighted by atomic mass is 16.5. The number of hydrogen-bond acceptors (Lipinski definition) is 3. The molecular formula is C17H18O4. The van der Waals surface area contributed by atoms with Gasteiger partial charge in [-0.05, 0) is 48.7 Å². The van der Waals surface area contributed by atoms with Gasteiger partial charge >= 0.3 is 5.97 Å². The van der Waals surface area contributed by atoms with E-state index >= 15 is 0 Å². The Bertz CT molecular complexity index is 617. The summed E-state index contributed by atoms with van der Waals surface area (Å²) < 4.78 is 5.29. The van der Waals surface area contributed by atoms with Gasteiger partial charge in [0.1, 0.15) is 5.75 Å². The number of aliphatic carboxylic acids is 1. The molecule has 2 atom stereocenters. The molecule has 21 heavy (non-hydrogen) atoms. The number of benzene rings is 2. The van der Waals surface area contributed by atoms with Crippen LogP contribution < -0.4 is 4.74 Å². The van der Waals surface area contributed by atoms with E-state index in [0.717, 1.165) is 16.7 Å². The van der Waals surface area contributed by atoms with Crippen LogP contribution in [0, 0.1) is 0 Å². The second kappa shape index (κ2) is 6.41. The standard InChI is InChI=1S/C17H18O4/c1-11(18)14-4-3-5-15(10-14)13-6-8-16(9-7-13)21-12(2)17(19)20/h3-12,18H,1-2H3,(H,19,20)/t11-,12?/m1/s1. The van der Waals surface area contributed by atoms with Crippen molar-refractivity contribution in [1.29, 1.82) is 0 Å². The molecule has 0 fully saturated rings. The second-order valence-corrected chi connectivity index (χ2v) is 4.92. The van der Waals surface area contributed by atoms with Crippen molar-refractivity contribution in [3.05, 3.63) is 54.1 Å². The number of carboxylic acid groups (broad SMARTS) is 1. The van der Waals surface area contributed by atoms with Crippen LogP contribution >= 0.6 is 0 Å². The van der Waals surface area contributed by atoms with E-state index in [2.05, 4.69) is 0 Å². The Balaban J connectivity index is 2.19. The topological polar surface area (TPSA) is 66.8 Å². The number of ether oxygens (including phenoxy) is 1. The molecule has 0 saturated carbocycles. The Morgan fingerprint density at radius 1 is 1.05 bits per heavy atom. The van der Waals surface area contributed by atoms with E-state index in [9.17, 15) is 9.90 Å². The third-order valence-corrected chi connectivity index (χ3v) is 3.22. The lowest BCUT2D eigenvalue weighted by Gasteiger charge is -2.11. The minimum Gasteiger partial charge on any atom is -0.479 e. The first-order valence-electron chi connectivity index (χ1n) is 6.75. The highest BCUT2D eigenvalue weighted by Crippen LogP contribution is 2.25. The van der Waals surface area contributed by atoms with Crippen molar-refractivity contribution in [1.82, 2.24) is 0 Å². The van der Waals surface area contributed by atoms with Crippen LogP contribution in [0.25, 0.3) is 11.1 Å². The van der Waals surface area contributed by atoms with Gasteiger partial charge in [-0.2, -0.15) is 0 Å². The maximum absolute atomic E-state index is 10.7. The fraction of sp³-hybridized carbons (Fsp3) is 0.235. The fourth-order valence-corrected chi connectivity index (χ4v) is 1.96. The molecule has 2 aromatic rings. The lowest BCUT2D eigenvalue weighted by Crippen LogP contribution is -2.22. The maximum Gasteiger partial charge on any atom is 0.344 e. The first kappa shape index (κ1) is 15.1. The first-order valence-corrected chi connectivity index (χ1v) is 6.75. The zero-order chi connectivity index (χ0) is 15.4. The van der Waals surface area contributed by atoms with E-state index in [1.165, 1.54) is 6.92 Å². The third kappa shape index (κ3) is 3.83. The highest BCUT2D eigenvalue weighted by Gasteiger charge is 2.12. The van der Waals surface area contributed by atoms with Gasteiger partial charge in [-0.3, -0.25) is 0 Å². The second-order valence-electron chi connectivity index (χ2n) is 4.92. The molecule has 0 aliphatic heterocycles. The molecule has 0 heterocycles. The molecule has 2 aromatic carbocycles. The van der Waals surface area contributed by atoms with Gasteiger partial charge in [0.05, 0.1) is 6.10 Å². The van der Waals surface area contributed by atoms with Gasteiger partial charge in [-0.1, -0.05) is 30.3 Å². The van der Waals surface area contributed by atoms with Crippen molar-refractivity contribution in [2.75, 3.05) is 0 Å². The number of carboxylic acids is 1. The normalized spacial score (nSPS) is 13.5. The summed E-state index contributed by atoms with van der Waals surface area (Å²) in [4.78, 5) is 10.7. The minimum atomic E-state index is -0.997. The SMILES string of the molecule is CC(Oc1ccc(-c2cccc([C@@H](C)O)c2)cc1)C(=O)O. The molecule has 4 nitrogen and oxygen atoms in total. The molecule has 0 saturated heterocycles. The quantitative estimate of drug-likeness (QED) is 0.885. The lowest BCUT2D eigenvalue weighted by molar-refractivity contribution is -0.144. The van der Waals surface area contributed by atoms with Gasteiger partial charge in [-0.25, -0.2) is 4.79 Å². The Morgan fingerprint density at radius 2 is 1.71 bits per heavy atom. The smallest absolute Gasteiger partial charge is 0.344 e. The van der Waals surface area contributed by atoms with Crippen molar-refractivity contribution < 1.29 is 19.7 Å². The van der Waals surface area contributed by atoms with Crippen molar-refractivity contribution in [2.24, 2.45) is 0 Å². The molecule has 0 spiro atoms. The van der Waals surface area contributed by atoms with Crippen molar-refractivity contribution in [2.45, 2.75) is 26.1 Å². The molecule has 1 unspecified atom stereocenters. The van der Waals surface area contributed by atoms with Gasteiger partial charge in [0, 0.05) is 0 Å². The van der Waals surface area contributed by atoms with Crippen LogP contribution in [0.1, 0.15) is 25.5 Å². The molecule has 2 N–H and O–H groups in total. The highest BCUT2D eigenvalue weighted by molar-refractivity contribution is 5.72. The summed E-state index contributed by atoms with van der Waals surface area (Å²) in [5.41, 5.74) is 2.83. The fourth-order valence-electron chi connectivity index (χ4n) is 1.96. The molecule has 4 heteroatoms. The molecule has 0 amide bonds. The first-order chi connectivity index (χ1) is 9.97. The summed E-state index contributed by atoms with van der Waals surface area (Å²) in [6.45, 7) is 3.21. The molecule has 0 aliphatic rings. The van der Waals surface area contributed by atoms with Crippen molar-refractivity contribution in [3.8, 4) is 16.9 Å². The van der Waals surface area contributed by atoms with E-state index in [1.54, 1.807) is 19.1 Å². The Morgan fingerprint density at radius 3 is 2.29 bits per heavy atom. The molecule has 110 valence electrons. The third-order valence-electron chi connectivity index (χ3n) is 3.22. The van der Waals surface area contributed by atoms with Crippen molar-refractivity contribution in [3.63, 3.8) is 0 Å². The summed E-state index contributed by atoms with van der Waals surface area (Å²) in [7, 11) is 0. The number of aliphatic hydroxyl groups excluding tert-OH is 1. The zero-order valence-electron chi connectivity index (χ0n) is 12.0. The number of carbonyl (C=O) groups is 1. The van der Waals surface area contributed by atoms with E-state index in [1.807, 2.05) is 36.4 Å². The lowest BCUT2D eigenvalue weighted by atomic mass is 10.0. The number of aliphatic hydroxyl groups is 1. The summed E-state index contributed by atoms with van der Waals surface area (Å²) in [6, 6.07) is 14.9. The number of hydrogen-bond donors (Lipinski definition) is 2. The Kier molecular flexibility index (Phi) is 4.60. The van der Waals surface area contributed by atoms with Crippen molar-refractivity contribution >= 4 is 5.97 Å². The largest absolute Gasteiger partial charge is 0.479 e. The molecule has 0 radical (unpaired) electrons. The molecule has 0 aliphatic carbocycles. The van der Waals surface area contributed by atoms with Gasteiger partial charge in [0.2, 0.25) is 0 Å². The minimum absolute atomic E-state index is 0.510. The number of rotatable bonds is 5. The van der Waals surface area contributed by atoms with E-state index < -0.39 is 18.2 Å². The molecule has 0 bridgehead atoms. The summed E-state index contributed by atoms with van der Waals surface area (Å²) in [5, 5.41) is 18.4. The van der Waals surface area contributed by atoms with E-state index in [4.69, 9.17) is 9.84 Å². The monoisotopic (exact) mass is 286 g/mol. The molecule has 0 aromatic heterocycles. The van der Waals surface area contributed by atoms with Crippen LogP contribution in [-0.4, -0.2) is 22.3 Å². The van der Waals surface area contributed by atoms with E-state index in [0.29, 0.717) is 5.75 Å². The van der Waals surface area contributed by atoms with Crippen LogP contribution in [-0.2, 0) is 4.79 Å². The summed E-state index contributed by atoms with van der Waals surface area (Å²) in [5.74, 6) is -0.482. The average molecular weight is 286 g/mol. The predicted molar refractivity (Wildman–Crippen MR) is 80.2 cm³/mol. The van der Waals surface area contributed by atoms with Crippen LogP contribution in [0.5, 0.6) is 5.75 Å².